The third kappa shape index (κ3) is 1.41. The van der Waals surface area contributed by atoms with E-state index >= 15 is 0 Å². The minimum atomic E-state index is -0.507. The summed E-state index contributed by atoms with van der Waals surface area (Å²) in [6.07, 6.45) is 1.66. The number of nitro groups is 1. The molecule has 1 aliphatic heterocycles. The SMILES string of the molecule is O=[N+]([O-])c1[nH]ncc1N1CCC(O)C1. The van der Waals surface area contributed by atoms with E-state index in [0.29, 0.717) is 25.2 Å². The van der Waals surface area contributed by atoms with Crippen LogP contribution in [0.15, 0.2) is 6.20 Å². The summed E-state index contributed by atoms with van der Waals surface area (Å²) in [4.78, 5) is 11.8. The molecule has 2 rings (SSSR count). The smallest absolute Gasteiger partial charge is 0.366 e. The van der Waals surface area contributed by atoms with Gasteiger partial charge in [-0.15, -0.1) is 5.10 Å². The van der Waals surface area contributed by atoms with Crippen molar-refractivity contribution >= 4 is 11.5 Å². The van der Waals surface area contributed by atoms with Gasteiger partial charge in [-0.3, -0.25) is 0 Å². The van der Waals surface area contributed by atoms with Crippen LogP contribution in [0.4, 0.5) is 11.5 Å². The predicted octanol–water partition coefficient (Wildman–Crippen LogP) is -0.111. The van der Waals surface area contributed by atoms with E-state index in [1.807, 2.05) is 0 Å². The quantitative estimate of drug-likeness (QED) is 0.510. The van der Waals surface area contributed by atoms with E-state index in [0.717, 1.165) is 0 Å². The molecule has 1 aromatic rings. The van der Waals surface area contributed by atoms with Crippen molar-refractivity contribution in [3.63, 3.8) is 0 Å². The van der Waals surface area contributed by atoms with Gasteiger partial charge in [0, 0.05) is 13.1 Å². The Bertz CT molecular complexity index is 350. The van der Waals surface area contributed by atoms with Crippen LogP contribution in [0, 0.1) is 10.1 Å². The molecule has 0 amide bonds. The number of aromatic nitrogens is 2. The molecule has 76 valence electrons. The maximum absolute atomic E-state index is 10.6. The van der Waals surface area contributed by atoms with Crippen LogP contribution in [0.25, 0.3) is 0 Å². The number of aliphatic hydroxyl groups excluding tert-OH is 1. The van der Waals surface area contributed by atoms with Gasteiger partial charge in [-0.05, 0) is 11.3 Å². The van der Waals surface area contributed by atoms with E-state index < -0.39 is 11.0 Å². The van der Waals surface area contributed by atoms with Gasteiger partial charge in [0.05, 0.1) is 6.10 Å². The van der Waals surface area contributed by atoms with E-state index in [2.05, 4.69) is 10.2 Å². The van der Waals surface area contributed by atoms with E-state index in [9.17, 15) is 15.2 Å². The summed E-state index contributed by atoms with van der Waals surface area (Å²) in [5.41, 5.74) is 0.451. The summed E-state index contributed by atoms with van der Waals surface area (Å²) in [7, 11) is 0. The summed E-state index contributed by atoms with van der Waals surface area (Å²) < 4.78 is 0. The van der Waals surface area contributed by atoms with Crippen molar-refractivity contribution in [3.8, 4) is 0 Å². The van der Waals surface area contributed by atoms with E-state index in [4.69, 9.17) is 0 Å². The fraction of sp³-hybridized carbons (Fsp3) is 0.571. The van der Waals surface area contributed by atoms with Gasteiger partial charge in [0.25, 0.3) is 0 Å². The van der Waals surface area contributed by atoms with Crippen LogP contribution in [-0.2, 0) is 0 Å². The van der Waals surface area contributed by atoms with Gasteiger partial charge in [0.1, 0.15) is 6.20 Å². The summed E-state index contributed by atoms with van der Waals surface area (Å²) >= 11 is 0. The van der Waals surface area contributed by atoms with Crippen molar-refractivity contribution in [3.05, 3.63) is 16.3 Å². The first-order valence-electron chi connectivity index (χ1n) is 4.29. The lowest BCUT2D eigenvalue weighted by molar-refractivity contribution is -0.388. The number of β-amino-alcohol motifs (C(OH)–C–C–N with tert-alkyl or cyclic N) is 1. The molecule has 1 fully saturated rings. The van der Waals surface area contributed by atoms with Gasteiger partial charge in [-0.1, -0.05) is 5.10 Å². The van der Waals surface area contributed by atoms with E-state index in [1.54, 1.807) is 4.90 Å². The van der Waals surface area contributed by atoms with Gasteiger partial charge in [-0.2, -0.15) is 0 Å². The van der Waals surface area contributed by atoms with Gasteiger partial charge in [0.15, 0.2) is 5.69 Å². The van der Waals surface area contributed by atoms with Crippen molar-refractivity contribution in [2.24, 2.45) is 0 Å². The number of anilines is 1. The van der Waals surface area contributed by atoms with Crippen LogP contribution in [0.3, 0.4) is 0 Å². The maximum Gasteiger partial charge on any atom is 0.366 e. The number of nitrogens with zero attached hydrogens (tertiary/aromatic N) is 3. The lowest BCUT2D eigenvalue weighted by Gasteiger charge is -2.13. The second-order valence-electron chi connectivity index (χ2n) is 3.25. The minimum Gasteiger partial charge on any atom is -0.391 e. The highest BCUT2D eigenvalue weighted by Gasteiger charge is 2.27. The monoisotopic (exact) mass is 198 g/mol. The fourth-order valence-corrected chi connectivity index (χ4v) is 1.60. The standard InChI is InChI=1S/C7H10N4O3/c12-5-1-2-10(4-5)6-3-8-9-7(6)11(13)14/h3,5,12H,1-2,4H2,(H,8,9). The molecular formula is C7H10N4O3. The molecule has 0 radical (unpaired) electrons. The number of hydrogen-bond donors (Lipinski definition) is 2. The molecule has 0 aromatic carbocycles. The molecule has 1 atom stereocenters. The second-order valence-corrected chi connectivity index (χ2v) is 3.25. The first-order chi connectivity index (χ1) is 6.68. The summed E-state index contributed by atoms with van der Waals surface area (Å²) in [5, 5.41) is 25.8. The van der Waals surface area contributed by atoms with Crippen LogP contribution < -0.4 is 4.90 Å². The molecular weight excluding hydrogens is 188 g/mol. The lowest BCUT2D eigenvalue weighted by Crippen LogP contribution is -2.21. The normalized spacial score (nSPS) is 21.5. The molecule has 2 N–H and O–H groups in total. The van der Waals surface area contributed by atoms with Crippen LogP contribution in [-0.4, -0.2) is 39.4 Å². The Balaban J connectivity index is 2.23. The Labute approximate surface area is 79.5 Å². The molecule has 14 heavy (non-hydrogen) atoms. The van der Waals surface area contributed by atoms with Crippen molar-refractivity contribution in [1.29, 1.82) is 0 Å². The first kappa shape index (κ1) is 8.95. The Morgan fingerprint density at radius 1 is 1.79 bits per heavy atom. The highest BCUT2D eigenvalue weighted by atomic mass is 16.6. The number of H-pyrrole nitrogens is 1. The maximum atomic E-state index is 10.6. The predicted molar refractivity (Wildman–Crippen MR) is 48.1 cm³/mol. The average Bonchev–Trinajstić information content (AvgIpc) is 2.70. The second kappa shape index (κ2) is 3.26. The largest absolute Gasteiger partial charge is 0.391 e. The van der Waals surface area contributed by atoms with E-state index in [1.165, 1.54) is 6.20 Å². The van der Waals surface area contributed by atoms with Crippen molar-refractivity contribution in [2.75, 3.05) is 18.0 Å². The minimum absolute atomic E-state index is 0.112. The van der Waals surface area contributed by atoms with Crippen molar-refractivity contribution < 1.29 is 10.0 Å². The summed E-state index contributed by atoms with van der Waals surface area (Å²) in [6, 6.07) is 0. The zero-order chi connectivity index (χ0) is 10.1. The highest BCUT2D eigenvalue weighted by molar-refractivity contribution is 5.58. The average molecular weight is 198 g/mol. The van der Waals surface area contributed by atoms with Gasteiger partial charge >= 0.3 is 5.82 Å². The number of aromatic amines is 1. The molecule has 0 spiro atoms. The molecule has 1 aliphatic rings. The number of rotatable bonds is 2. The third-order valence-electron chi connectivity index (χ3n) is 2.29. The first-order valence-corrected chi connectivity index (χ1v) is 4.29. The fourth-order valence-electron chi connectivity index (χ4n) is 1.60. The van der Waals surface area contributed by atoms with E-state index in [-0.39, 0.29) is 5.82 Å². The summed E-state index contributed by atoms with van der Waals surface area (Å²) in [5.74, 6) is -0.112. The van der Waals surface area contributed by atoms with Crippen LogP contribution in [0.2, 0.25) is 0 Å². The third-order valence-corrected chi connectivity index (χ3v) is 2.29. The van der Waals surface area contributed by atoms with Gasteiger partial charge in [0.2, 0.25) is 0 Å². The number of hydrogen-bond acceptors (Lipinski definition) is 5. The summed E-state index contributed by atoms with van der Waals surface area (Å²) in [6.45, 7) is 1.06. The van der Waals surface area contributed by atoms with Gasteiger partial charge in [-0.25, -0.2) is 0 Å². The Morgan fingerprint density at radius 2 is 2.57 bits per heavy atom. The zero-order valence-electron chi connectivity index (χ0n) is 7.38. The molecule has 0 bridgehead atoms. The molecule has 1 aromatic heterocycles. The lowest BCUT2D eigenvalue weighted by atomic mass is 10.3. The van der Waals surface area contributed by atoms with Crippen LogP contribution >= 0.6 is 0 Å². The van der Waals surface area contributed by atoms with Crippen molar-refractivity contribution in [2.45, 2.75) is 12.5 Å². The molecule has 7 nitrogen and oxygen atoms in total. The van der Waals surface area contributed by atoms with Gasteiger partial charge < -0.3 is 20.1 Å². The van der Waals surface area contributed by atoms with Crippen LogP contribution in [0.1, 0.15) is 6.42 Å². The molecule has 2 heterocycles. The molecule has 0 saturated carbocycles. The van der Waals surface area contributed by atoms with Crippen LogP contribution in [0.5, 0.6) is 0 Å². The zero-order valence-corrected chi connectivity index (χ0v) is 7.38. The number of nitrogens with one attached hydrogen (secondary N) is 1. The Kier molecular flexibility index (Phi) is 2.08. The molecule has 1 saturated heterocycles. The topological polar surface area (TPSA) is 95.3 Å². The highest BCUT2D eigenvalue weighted by Crippen LogP contribution is 2.27. The molecule has 0 aliphatic carbocycles. The van der Waals surface area contributed by atoms with Crippen molar-refractivity contribution in [1.82, 2.24) is 10.2 Å². The molecule has 1 unspecified atom stereocenters. The number of aliphatic hydroxyl groups is 1. The Morgan fingerprint density at radius 3 is 3.14 bits per heavy atom. The Hall–Kier alpha value is -1.63. The molecule has 7 heteroatoms.